The molecule has 3 aromatic rings. The molecule has 1 aliphatic heterocycles. The van der Waals surface area contributed by atoms with Gasteiger partial charge in [0, 0.05) is 29.6 Å². The van der Waals surface area contributed by atoms with Crippen molar-refractivity contribution in [2.75, 3.05) is 22.5 Å². The zero-order chi connectivity index (χ0) is 23.8. The molecule has 2 aromatic carbocycles. The molecular formula is C22H21ClN4O4S2. The van der Waals surface area contributed by atoms with Gasteiger partial charge in [0.25, 0.3) is 0 Å². The van der Waals surface area contributed by atoms with Crippen LogP contribution in [0.3, 0.4) is 0 Å². The zero-order valence-corrected chi connectivity index (χ0v) is 20.3. The molecule has 2 amide bonds. The summed E-state index contributed by atoms with van der Waals surface area (Å²) in [6.45, 7) is 4.16. The number of hydrogen-bond acceptors (Lipinski definition) is 7. The SMILES string of the molecule is Cc1ccc(S(=O)(=O)CC(=O)Nc2nnc(C3CC(=O)N(c4ccc(C)c(Cl)c4)C3)s2)cc1. The molecule has 0 spiro atoms. The normalized spacial score (nSPS) is 16.3. The van der Waals surface area contributed by atoms with Crippen LogP contribution >= 0.6 is 22.9 Å². The van der Waals surface area contributed by atoms with Crippen molar-refractivity contribution in [3.63, 3.8) is 0 Å². The summed E-state index contributed by atoms with van der Waals surface area (Å²) < 4.78 is 24.9. The van der Waals surface area contributed by atoms with Crippen molar-refractivity contribution in [3.05, 3.63) is 63.6 Å². The van der Waals surface area contributed by atoms with Gasteiger partial charge < -0.3 is 4.90 Å². The molecule has 1 unspecified atom stereocenters. The summed E-state index contributed by atoms with van der Waals surface area (Å²) in [5.74, 6) is -1.63. The van der Waals surface area contributed by atoms with Crippen LogP contribution in [0, 0.1) is 13.8 Å². The van der Waals surface area contributed by atoms with Crippen LogP contribution in [0.15, 0.2) is 47.4 Å². The van der Waals surface area contributed by atoms with Gasteiger partial charge in [0.2, 0.25) is 16.9 Å². The summed E-state index contributed by atoms with van der Waals surface area (Å²) in [7, 11) is -3.77. The lowest BCUT2D eigenvalue weighted by atomic mass is 10.1. The van der Waals surface area contributed by atoms with E-state index < -0.39 is 21.5 Å². The second kappa shape index (κ2) is 9.20. The number of nitrogens with zero attached hydrogens (tertiary/aromatic N) is 3. The van der Waals surface area contributed by atoms with E-state index in [4.69, 9.17) is 11.6 Å². The van der Waals surface area contributed by atoms with Crippen LogP contribution in [-0.2, 0) is 19.4 Å². The first kappa shape index (κ1) is 23.3. The van der Waals surface area contributed by atoms with Crippen LogP contribution in [0.4, 0.5) is 10.8 Å². The predicted molar refractivity (Wildman–Crippen MR) is 128 cm³/mol. The van der Waals surface area contributed by atoms with Gasteiger partial charge >= 0.3 is 0 Å². The Balaban J connectivity index is 1.40. The van der Waals surface area contributed by atoms with Crippen LogP contribution in [0.25, 0.3) is 0 Å². The predicted octanol–water partition coefficient (Wildman–Crippen LogP) is 3.74. The molecule has 1 fully saturated rings. The van der Waals surface area contributed by atoms with Gasteiger partial charge in [0.05, 0.1) is 4.90 Å². The van der Waals surface area contributed by atoms with E-state index >= 15 is 0 Å². The van der Waals surface area contributed by atoms with E-state index in [0.717, 1.165) is 28.2 Å². The van der Waals surface area contributed by atoms with E-state index in [1.54, 1.807) is 23.1 Å². The van der Waals surface area contributed by atoms with Crippen molar-refractivity contribution >= 4 is 55.4 Å². The van der Waals surface area contributed by atoms with Crippen molar-refractivity contribution in [2.24, 2.45) is 0 Å². The molecule has 1 N–H and O–H groups in total. The largest absolute Gasteiger partial charge is 0.312 e. The second-order valence-electron chi connectivity index (χ2n) is 7.90. The van der Waals surface area contributed by atoms with Gasteiger partial charge in [-0.3, -0.25) is 14.9 Å². The monoisotopic (exact) mass is 504 g/mol. The van der Waals surface area contributed by atoms with Crippen molar-refractivity contribution in [3.8, 4) is 0 Å². The number of carbonyl (C=O) groups excluding carboxylic acids is 2. The van der Waals surface area contributed by atoms with Crippen LogP contribution in [0.1, 0.15) is 28.5 Å². The van der Waals surface area contributed by atoms with E-state index in [9.17, 15) is 18.0 Å². The molecule has 0 saturated carbocycles. The summed E-state index contributed by atoms with van der Waals surface area (Å²) in [4.78, 5) is 26.6. The minimum atomic E-state index is -3.77. The van der Waals surface area contributed by atoms with Crippen LogP contribution < -0.4 is 10.2 Å². The average Bonchev–Trinajstić information content (AvgIpc) is 3.36. The second-order valence-corrected chi connectivity index (χ2v) is 11.3. The number of aromatic nitrogens is 2. The van der Waals surface area contributed by atoms with Crippen molar-refractivity contribution in [1.82, 2.24) is 10.2 Å². The van der Waals surface area contributed by atoms with Gasteiger partial charge in [0.1, 0.15) is 10.8 Å². The van der Waals surface area contributed by atoms with Gasteiger partial charge in [-0.1, -0.05) is 46.7 Å². The molecule has 11 heteroatoms. The minimum absolute atomic E-state index is 0.0510. The van der Waals surface area contributed by atoms with Gasteiger partial charge in [0.15, 0.2) is 9.84 Å². The molecule has 0 aliphatic carbocycles. The Labute approximate surface area is 200 Å². The Morgan fingerprint density at radius 3 is 2.61 bits per heavy atom. The molecule has 0 bridgehead atoms. The number of carbonyl (C=O) groups is 2. The van der Waals surface area contributed by atoms with Crippen molar-refractivity contribution in [1.29, 1.82) is 0 Å². The summed E-state index contributed by atoms with van der Waals surface area (Å²) in [5, 5.41) is 11.9. The number of halogens is 1. The molecule has 172 valence electrons. The molecule has 1 atom stereocenters. The molecule has 8 nitrogen and oxygen atoms in total. The minimum Gasteiger partial charge on any atom is -0.312 e. The zero-order valence-electron chi connectivity index (χ0n) is 17.9. The summed E-state index contributed by atoms with van der Waals surface area (Å²) in [6.07, 6.45) is 0.260. The number of rotatable bonds is 6. The molecule has 1 saturated heterocycles. The molecule has 2 heterocycles. The third kappa shape index (κ3) is 5.23. The van der Waals surface area contributed by atoms with Gasteiger partial charge in [-0.05, 0) is 43.7 Å². The third-order valence-electron chi connectivity index (χ3n) is 5.33. The van der Waals surface area contributed by atoms with E-state index in [0.29, 0.717) is 16.6 Å². The Bertz CT molecular complexity index is 1320. The molecule has 0 radical (unpaired) electrons. The van der Waals surface area contributed by atoms with E-state index in [1.165, 1.54) is 12.1 Å². The Morgan fingerprint density at radius 1 is 1.18 bits per heavy atom. The maximum Gasteiger partial charge on any atom is 0.241 e. The molecular weight excluding hydrogens is 484 g/mol. The first-order valence-electron chi connectivity index (χ1n) is 10.1. The number of benzene rings is 2. The van der Waals surface area contributed by atoms with E-state index in [1.807, 2.05) is 26.0 Å². The van der Waals surface area contributed by atoms with E-state index in [-0.39, 0.29) is 28.3 Å². The highest BCUT2D eigenvalue weighted by Gasteiger charge is 2.34. The topological polar surface area (TPSA) is 109 Å². The average molecular weight is 505 g/mol. The van der Waals surface area contributed by atoms with Crippen molar-refractivity contribution in [2.45, 2.75) is 31.1 Å². The first-order chi connectivity index (χ1) is 15.6. The summed E-state index contributed by atoms with van der Waals surface area (Å²) >= 11 is 7.33. The first-order valence-corrected chi connectivity index (χ1v) is 13.0. The smallest absolute Gasteiger partial charge is 0.241 e. The third-order valence-corrected chi connectivity index (χ3v) is 8.37. The maximum absolute atomic E-state index is 12.6. The van der Waals surface area contributed by atoms with Gasteiger partial charge in [-0.2, -0.15) is 0 Å². The summed E-state index contributed by atoms with van der Waals surface area (Å²) in [5.41, 5.74) is 2.57. The number of hydrogen-bond donors (Lipinski definition) is 1. The quantitative estimate of drug-likeness (QED) is 0.547. The lowest BCUT2D eigenvalue weighted by Gasteiger charge is -2.17. The standard InChI is InChI=1S/C22H21ClN4O4S2/c1-13-3-7-17(8-4-13)33(30,31)12-19(28)24-22-26-25-21(32-22)15-9-20(29)27(11-15)16-6-5-14(2)18(23)10-16/h3-8,10,15H,9,11-12H2,1-2H3,(H,24,26,28). The fourth-order valence-corrected chi connectivity index (χ4v) is 5.64. The number of sulfone groups is 1. The maximum atomic E-state index is 12.6. The molecule has 4 rings (SSSR count). The van der Waals surface area contributed by atoms with E-state index in [2.05, 4.69) is 15.5 Å². The fourth-order valence-electron chi connectivity index (χ4n) is 3.48. The Morgan fingerprint density at radius 2 is 1.91 bits per heavy atom. The number of nitrogens with one attached hydrogen (secondary N) is 1. The van der Waals surface area contributed by atoms with Crippen molar-refractivity contribution < 1.29 is 18.0 Å². The number of aryl methyl sites for hydroxylation is 2. The summed E-state index contributed by atoms with van der Waals surface area (Å²) in [6, 6.07) is 11.8. The highest BCUT2D eigenvalue weighted by molar-refractivity contribution is 7.92. The fraction of sp³-hybridized carbons (Fsp3) is 0.273. The van der Waals surface area contributed by atoms with Gasteiger partial charge in [-0.15, -0.1) is 10.2 Å². The molecule has 1 aromatic heterocycles. The Kier molecular flexibility index (Phi) is 6.51. The lowest BCUT2D eigenvalue weighted by Crippen LogP contribution is -2.24. The van der Waals surface area contributed by atoms with Crippen LogP contribution in [-0.4, -0.2) is 42.7 Å². The van der Waals surface area contributed by atoms with Crippen LogP contribution in [0.2, 0.25) is 5.02 Å². The highest BCUT2D eigenvalue weighted by atomic mass is 35.5. The molecule has 1 aliphatic rings. The van der Waals surface area contributed by atoms with Crippen LogP contribution in [0.5, 0.6) is 0 Å². The number of anilines is 2. The highest BCUT2D eigenvalue weighted by Crippen LogP contribution is 2.35. The Hall–Kier alpha value is -2.82. The van der Waals surface area contributed by atoms with Gasteiger partial charge in [-0.25, -0.2) is 8.42 Å². The number of amides is 2. The lowest BCUT2D eigenvalue weighted by molar-refractivity contribution is -0.117. The molecule has 33 heavy (non-hydrogen) atoms.